The minimum absolute atomic E-state index is 0.231. The second-order valence-electron chi connectivity index (χ2n) is 5.56. The summed E-state index contributed by atoms with van der Waals surface area (Å²) in [5, 5.41) is 2.77. The highest BCUT2D eigenvalue weighted by atomic mass is 16.5. The number of benzene rings is 2. The lowest BCUT2D eigenvalue weighted by molar-refractivity contribution is -0.122. The summed E-state index contributed by atoms with van der Waals surface area (Å²) in [5.74, 6) is 0.912. The average Bonchev–Trinajstić information content (AvgIpc) is 2.50. The normalized spacial score (nSPS) is 12.0. The van der Waals surface area contributed by atoms with Crippen LogP contribution in [-0.4, -0.2) is 12.0 Å². The molecule has 0 aliphatic heterocycles. The summed E-state index contributed by atoms with van der Waals surface area (Å²) >= 11 is 0. The molecule has 3 N–H and O–H groups in total. The van der Waals surface area contributed by atoms with Crippen molar-refractivity contribution in [1.29, 1.82) is 0 Å². The van der Waals surface area contributed by atoms with Gasteiger partial charge in [-0.15, -0.1) is 0 Å². The van der Waals surface area contributed by atoms with Crippen molar-refractivity contribution >= 4 is 17.3 Å². The summed E-state index contributed by atoms with van der Waals surface area (Å²) in [7, 11) is 0. The van der Waals surface area contributed by atoms with Crippen LogP contribution in [0.2, 0.25) is 0 Å². The minimum Gasteiger partial charge on any atom is -0.481 e. The molecule has 0 saturated carbocycles. The lowest BCUT2D eigenvalue weighted by atomic mass is 10.0. The van der Waals surface area contributed by atoms with Crippen molar-refractivity contribution in [3.63, 3.8) is 0 Å². The monoisotopic (exact) mass is 298 g/mol. The Labute approximate surface area is 131 Å². The number of anilines is 2. The number of hydrogen-bond acceptors (Lipinski definition) is 3. The molecule has 2 aromatic carbocycles. The molecule has 22 heavy (non-hydrogen) atoms. The zero-order valence-electron chi connectivity index (χ0n) is 13.2. The van der Waals surface area contributed by atoms with Crippen molar-refractivity contribution in [2.45, 2.75) is 32.8 Å². The maximum Gasteiger partial charge on any atom is 0.265 e. The first-order chi connectivity index (χ1) is 10.5. The number of nitrogens with one attached hydrogen (secondary N) is 1. The quantitative estimate of drug-likeness (QED) is 0.825. The molecule has 116 valence electrons. The Morgan fingerprint density at radius 3 is 2.27 bits per heavy atom. The lowest BCUT2D eigenvalue weighted by Gasteiger charge is -2.16. The van der Waals surface area contributed by atoms with Crippen molar-refractivity contribution in [2.75, 3.05) is 11.1 Å². The summed E-state index contributed by atoms with van der Waals surface area (Å²) < 4.78 is 5.67. The van der Waals surface area contributed by atoms with Crippen LogP contribution >= 0.6 is 0 Å². The molecule has 0 heterocycles. The lowest BCUT2D eigenvalue weighted by Crippen LogP contribution is -2.30. The van der Waals surface area contributed by atoms with Gasteiger partial charge in [-0.1, -0.05) is 38.1 Å². The minimum atomic E-state index is -0.607. The van der Waals surface area contributed by atoms with Crippen LogP contribution < -0.4 is 15.8 Å². The van der Waals surface area contributed by atoms with Crippen LogP contribution in [0, 0.1) is 0 Å². The number of carbonyl (C=O) groups excluding carboxylic acids is 1. The number of nitrogens with two attached hydrogens (primary N) is 1. The Hall–Kier alpha value is -2.49. The van der Waals surface area contributed by atoms with Gasteiger partial charge in [0.25, 0.3) is 5.91 Å². The van der Waals surface area contributed by atoms with E-state index in [-0.39, 0.29) is 5.91 Å². The van der Waals surface area contributed by atoms with Gasteiger partial charge >= 0.3 is 0 Å². The first-order valence-electron chi connectivity index (χ1n) is 7.39. The van der Waals surface area contributed by atoms with E-state index in [0.717, 1.165) is 0 Å². The maximum absolute atomic E-state index is 12.2. The molecule has 0 spiro atoms. The van der Waals surface area contributed by atoms with Gasteiger partial charge in [-0.2, -0.15) is 0 Å². The Kier molecular flexibility index (Phi) is 5.04. The molecule has 0 bridgehead atoms. The van der Waals surface area contributed by atoms with E-state index in [1.54, 1.807) is 19.1 Å². The number of amides is 1. The molecule has 4 nitrogen and oxygen atoms in total. The molecule has 1 unspecified atom stereocenters. The van der Waals surface area contributed by atoms with Crippen LogP contribution in [0.5, 0.6) is 5.75 Å². The largest absolute Gasteiger partial charge is 0.481 e. The summed E-state index contributed by atoms with van der Waals surface area (Å²) in [6.07, 6.45) is -0.607. The predicted molar refractivity (Wildman–Crippen MR) is 90.1 cm³/mol. The zero-order chi connectivity index (χ0) is 16.1. The smallest absolute Gasteiger partial charge is 0.265 e. The molecule has 2 aromatic rings. The number of para-hydroxylation sites is 2. The van der Waals surface area contributed by atoms with E-state index in [9.17, 15) is 4.79 Å². The van der Waals surface area contributed by atoms with E-state index in [1.165, 1.54) is 5.56 Å². The summed E-state index contributed by atoms with van der Waals surface area (Å²) in [6, 6.07) is 14.9. The van der Waals surface area contributed by atoms with Crippen molar-refractivity contribution in [3.8, 4) is 5.75 Å². The maximum atomic E-state index is 12.2. The molecule has 4 heteroatoms. The third-order valence-corrected chi connectivity index (χ3v) is 3.45. The molecule has 0 aliphatic carbocycles. The molecule has 0 aliphatic rings. The Balaban J connectivity index is 1.98. The molecule has 0 saturated heterocycles. The highest BCUT2D eigenvalue weighted by Crippen LogP contribution is 2.20. The number of carbonyl (C=O) groups is 1. The van der Waals surface area contributed by atoms with Crippen molar-refractivity contribution in [3.05, 3.63) is 54.1 Å². The number of hydrogen-bond donors (Lipinski definition) is 2. The van der Waals surface area contributed by atoms with Crippen molar-refractivity contribution in [1.82, 2.24) is 0 Å². The van der Waals surface area contributed by atoms with Crippen LogP contribution in [0.1, 0.15) is 32.3 Å². The standard InChI is InChI=1S/C18H22N2O2/c1-12(2)14-8-10-15(11-9-14)22-13(3)18(21)20-17-7-5-4-6-16(17)19/h4-13H,19H2,1-3H3,(H,20,21). The van der Waals surface area contributed by atoms with E-state index in [0.29, 0.717) is 23.0 Å². The van der Waals surface area contributed by atoms with Gasteiger partial charge in [0.2, 0.25) is 0 Å². The SMILES string of the molecule is CC(Oc1ccc(C(C)C)cc1)C(=O)Nc1ccccc1N. The van der Waals surface area contributed by atoms with E-state index in [4.69, 9.17) is 10.5 Å². The van der Waals surface area contributed by atoms with Crippen LogP contribution in [0.3, 0.4) is 0 Å². The number of rotatable bonds is 5. The third-order valence-electron chi connectivity index (χ3n) is 3.45. The molecule has 0 fully saturated rings. The molecular formula is C18H22N2O2. The second kappa shape index (κ2) is 6.98. The molecule has 1 amide bonds. The van der Waals surface area contributed by atoms with Gasteiger partial charge in [0.15, 0.2) is 6.10 Å². The molecule has 0 aromatic heterocycles. The van der Waals surface area contributed by atoms with Gasteiger partial charge in [-0.3, -0.25) is 4.79 Å². The van der Waals surface area contributed by atoms with E-state index >= 15 is 0 Å². The number of nitrogen functional groups attached to an aromatic ring is 1. The van der Waals surface area contributed by atoms with Gasteiger partial charge in [0.1, 0.15) is 5.75 Å². The number of ether oxygens (including phenoxy) is 1. The Bertz CT molecular complexity index is 636. The summed E-state index contributed by atoms with van der Waals surface area (Å²) in [6.45, 7) is 5.98. The fraction of sp³-hybridized carbons (Fsp3) is 0.278. The molecule has 0 radical (unpaired) electrons. The van der Waals surface area contributed by atoms with Gasteiger partial charge in [-0.05, 0) is 42.7 Å². The van der Waals surface area contributed by atoms with Crippen molar-refractivity contribution in [2.24, 2.45) is 0 Å². The summed E-state index contributed by atoms with van der Waals surface area (Å²) in [4.78, 5) is 12.2. The Morgan fingerprint density at radius 1 is 1.05 bits per heavy atom. The van der Waals surface area contributed by atoms with Crippen LogP contribution in [-0.2, 0) is 4.79 Å². The van der Waals surface area contributed by atoms with Gasteiger partial charge < -0.3 is 15.8 Å². The van der Waals surface area contributed by atoms with Crippen LogP contribution in [0.15, 0.2) is 48.5 Å². The molecule has 2 rings (SSSR count). The van der Waals surface area contributed by atoms with Gasteiger partial charge in [0.05, 0.1) is 11.4 Å². The molecular weight excluding hydrogens is 276 g/mol. The van der Waals surface area contributed by atoms with Gasteiger partial charge in [-0.25, -0.2) is 0 Å². The van der Waals surface area contributed by atoms with E-state index in [1.807, 2.05) is 36.4 Å². The fourth-order valence-corrected chi connectivity index (χ4v) is 2.03. The highest BCUT2D eigenvalue weighted by Gasteiger charge is 2.15. The summed E-state index contributed by atoms with van der Waals surface area (Å²) in [5.41, 5.74) is 8.18. The fourth-order valence-electron chi connectivity index (χ4n) is 2.03. The van der Waals surface area contributed by atoms with E-state index in [2.05, 4.69) is 19.2 Å². The highest BCUT2D eigenvalue weighted by molar-refractivity contribution is 5.96. The van der Waals surface area contributed by atoms with Crippen LogP contribution in [0.25, 0.3) is 0 Å². The molecule has 1 atom stereocenters. The van der Waals surface area contributed by atoms with Gasteiger partial charge in [0, 0.05) is 0 Å². The predicted octanol–water partition coefficient (Wildman–Crippen LogP) is 3.80. The van der Waals surface area contributed by atoms with E-state index < -0.39 is 6.10 Å². The topological polar surface area (TPSA) is 64.3 Å². The average molecular weight is 298 g/mol. The first kappa shape index (κ1) is 15.9. The van der Waals surface area contributed by atoms with Crippen molar-refractivity contribution < 1.29 is 9.53 Å². The first-order valence-corrected chi connectivity index (χ1v) is 7.39. The third kappa shape index (κ3) is 4.01. The second-order valence-corrected chi connectivity index (χ2v) is 5.56. The zero-order valence-corrected chi connectivity index (χ0v) is 13.2. The van der Waals surface area contributed by atoms with Crippen LogP contribution in [0.4, 0.5) is 11.4 Å². The Morgan fingerprint density at radius 2 is 1.68 bits per heavy atom.